The maximum atomic E-state index is 14.0. The van der Waals surface area contributed by atoms with Crippen molar-refractivity contribution in [2.75, 3.05) is 33.3 Å². The molecule has 1 aliphatic heterocycles. The standard InChI is InChI=1S/C29H30BrN3O2S/c1-31-25-18-24(30)27(35-2)17-23(25)28(26(31)20-36-22-11-7-4-8-12-22)29(34)33-15-13-32(14-16-33)19-21-9-5-3-6-10-21/h3-12,17-18H,13-16,19-20H2,1-2H3. The van der Waals surface area contributed by atoms with Gasteiger partial charge in [0.15, 0.2) is 0 Å². The molecule has 1 aliphatic rings. The van der Waals surface area contributed by atoms with Crippen LogP contribution in [0.5, 0.6) is 5.75 Å². The van der Waals surface area contributed by atoms with Gasteiger partial charge in [0.2, 0.25) is 0 Å². The van der Waals surface area contributed by atoms with Crippen molar-refractivity contribution in [3.05, 3.63) is 94.1 Å². The highest BCUT2D eigenvalue weighted by Crippen LogP contribution is 2.37. The Balaban J connectivity index is 1.42. The van der Waals surface area contributed by atoms with Crippen molar-refractivity contribution in [3.63, 3.8) is 0 Å². The van der Waals surface area contributed by atoms with E-state index in [1.165, 1.54) is 10.5 Å². The summed E-state index contributed by atoms with van der Waals surface area (Å²) in [5.41, 5.74) is 4.16. The number of benzene rings is 3. The summed E-state index contributed by atoms with van der Waals surface area (Å²) in [6.07, 6.45) is 0. The first-order valence-corrected chi connectivity index (χ1v) is 13.9. The van der Waals surface area contributed by atoms with Gasteiger partial charge in [-0.2, -0.15) is 0 Å². The van der Waals surface area contributed by atoms with E-state index in [-0.39, 0.29) is 5.91 Å². The van der Waals surface area contributed by atoms with Crippen LogP contribution in [0.3, 0.4) is 0 Å². The zero-order chi connectivity index (χ0) is 25.1. The molecule has 0 unspecified atom stereocenters. The molecule has 2 heterocycles. The molecule has 0 radical (unpaired) electrons. The number of aryl methyl sites for hydroxylation is 1. The highest BCUT2D eigenvalue weighted by molar-refractivity contribution is 9.10. The molecule has 1 fully saturated rings. The fraction of sp³-hybridized carbons (Fsp3) is 0.276. The molecule has 1 aromatic heterocycles. The number of piperazine rings is 1. The first kappa shape index (κ1) is 24.9. The number of hydrogen-bond acceptors (Lipinski definition) is 4. The van der Waals surface area contributed by atoms with E-state index in [1.54, 1.807) is 18.9 Å². The zero-order valence-corrected chi connectivity index (χ0v) is 23.0. The summed E-state index contributed by atoms with van der Waals surface area (Å²) in [6.45, 7) is 4.10. The fourth-order valence-electron chi connectivity index (χ4n) is 4.83. The number of thioether (sulfide) groups is 1. The molecule has 1 amide bonds. The molecule has 0 bridgehead atoms. The Morgan fingerprint density at radius 2 is 1.64 bits per heavy atom. The topological polar surface area (TPSA) is 37.7 Å². The molecule has 0 aliphatic carbocycles. The van der Waals surface area contributed by atoms with Crippen LogP contribution in [0, 0.1) is 0 Å². The van der Waals surface area contributed by atoms with Crippen molar-refractivity contribution in [3.8, 4) is 5.75 Å². The lowest BCUT2D eigenvalue weighted by Gasteiger charge is -2.35. The molecule has 0 saturated carbocycles. The van der Waals surface area contributed by atoms with Gasteiger partial charge in [-0.3, -0.25) is 9.69 Å². The Morgan fingerprint density at radius 1 is 0.972 bits per heavy atom. The lowest BCUT2D eigenvalue weighted by Crippen LogP contribution is -2.48. The monoisotopic (exact) mass is 563 g/mol. The number of ether oxygens (including phenoxy) is 1. The molecule has 3 aromatic carbocycles. The van der Waals surface area contributed by atoms with Gasteiger partial charge in [0.25, 0.3) is 5.91 Å². The van der Waals surface area contributed by atoms with Crippen LogP contribution in [0.1, 0.15) is 21.6 Å². The Hall–Kier alpha value is -2.74. The van der Waals surface area contributed by atoms with Gasteiger partial charge in [0, 0.05) is 61.5 Å². The summed E-state index contributed by atoms with van der Waals surface area (Å²) in [4.78, 5) is 19.7. The van der Waals surface area contributed by atoms with Gasteiger partial charge in [-0.1, -0.05) is 48.5 Å². The molecule has 0 spiro atoms. The average molecular weight is 565 g/mol. The van der Waals surface area contributed by atoms with E-state index in [0.29, 0.717) is 5.75 Å². The van der Waals surface area contributed by atoms with E-state index in [9.17, 15) is 4.79 Å². The van der Waals surface area contributed by atoms with E-state index in [0.717, 1.165) is 65.1 Å². The van der Waals surface area contributed by atoms with Crippen LogP contribution >= 0.6 is 27.7 Å². The van der Waals surface area contributed by atoms with Crippen LogP contribution in [-0.2, 0) is 19.3 Å². The normalized spacial score (nSPS) is 14.4. The van der Waals surface area contributed by atoms with E-state index < -0.39 is 0 Å². The minimum absolute atomic E-state index is 0.105. The van der Waals surface area contributed by atoms with E-state index in [2.05, 4.69) is 74.9 Å². The van der Waals surface area contributed by atoms with Crippen molar-refractivity contribution < 1.29 is 9.53 Å². The first-order valence-electron chi connectivity index (χ1n) is 12.1. The molecule has 36 heavy (non-hydrogen) atoms. The summed E-state index contributed by atoms with van der Waals surface area (Å²) >= 11 is 5.38. The third kappa shape index (κ3) is 5.19. The summed E-state index contributed by atoms with van der Waals surface area (Å²) in [7, 11) is 3.71. The third-order valence-electron chi connectivity index (χ3n) is 6.84. The molecule has 4 aromatic rings. The van der Waals surface area contributed by atoms with Crippen LogP contribution in [0.2, 0.25) is 0 Å². The number of carbonyl (C=O) groups excluding carboxylic acids is 1. The Kier molecular flexibility index (Phi) is 7.70. The highest BCUT2D eigenvalue weighted by Gasteiger charge is 2.28. The van der Waals surface area contributed by atoms with Crippen molar-refractivity contribution in [2.45, 2.75) is 17.2 Å². The lowest BCUT2D eigenvalue weighted by atomic mass is 10.1. The van der Waals surface area contributed by atoms with E-state index in [1.807, 2.05) is 35.2 Å². The number of amides is 1. The largest absolute Gasteiger partial charge is 0.496 e. The van der Waals surface area contributed by atoms with Crippen LogP contribution in [0.25, 0.3) is 10.9 Å². The van der Waals surface area contributed by atoms with Gasteiger partial charge in [-0.25, -0.2) is 0 Å². The SMILES string of the molecule is COc1cc2c(C(=O)N3CCN(Cc4ccccc4)CC3)c(CSc3ccccc3)n(C)c2cc1Br. The van der Waals surface area contributed by atoms with Crippen molar-refractivity contribution >= 4 is 44.5 Å². The number of aromatic nitrogens is 1. The molecule has 0 N–H and O–H groups in total. The Labute approximate surface area is 225 Å². The fourth-order valence-corrected chi connectivity index (χ4v) is 6.31. The van der Waals surface area contributed by atoms with Crippen molar-refractivity contribution in [1.29, 1.82) is 0 Å². The highest BCUT2D eigenvalue weighted by atomic mass is 79.9. The Morgan fingerprint density at radius 3 is 2.31 bits per heavy atom. The smallest absolute Gasteiger partial charge is 0.256 e. The van der Waals surface area contributed by atoms with Crippen molar-refractivity contribution in [1.82, 2.24) is 14.4 Å². The maximum Gasteiger partial charge on any atom is 0.256 e. The number of hydrogen-bond donors (Lipinski definition) is 0. The van der Waals surface area contributed by atoms with Gasteiger partial charge >= 0.3 is 0 Å². The number of nitrogens with zero attached hydrogens (tertiary/aromatic N) is 3. The predicted octanol–water partition coefficient (Wildman–Crippen LogP) is 6.20. The predicted molar refractivity (Wildman–Crippen MR) is 151 cm³/mol. The van der Waals surface area contributed by atoms with Gasteiger partial charge in [0.05, 0.1) is 22.7 Å². The number of rotatable bonds is 7. The molecular formula is C29H30BrN3O2S. The Bertz CT molecular complexity index is 1350. The van der Waals surface area contributed by atoms with Crippen molar-refractivity contribution in [2.24, 2.45) is 7.05 Å². The molecule has 186 valence electrons. The van der Waals surface area contributed by atoms with Gasteiger partial charge in [-0.15, -0.1) is 11.8 Å². The second-order valence-electron chi connectivity index (χ2n) is 9.04. The van der Waals surface area contributed by atoms with Crippen LogP contribution in [0.15, 0.2) is 82.2 Å². The zero-order valence-electron chi connectivity index (χ0n) is 20.6. The first-order chi connectivity index (χ1) is 17.5. The van der Waals surface area contributed by atoms with E-state index in [4.69, 9.17) is 4.74 Å². The van der Waals surface area contributed by atoms with Gasteiger partial charge in [0.1, 0.15) is 5.75 Å². The molecule has 0 atom stereocenters. The van der Waals surface area contributed by atoms with Crippen LogP contribution in [0.4, 0.5) is 0 Å². The lowest BCUT2D eigenvalue weighted by molar-refractivity contribution is 0.0629. The summed E-state index contributed by atoms with van der Waals surface area (Å²) in [5.74, 6) is 1.55. The molecule has 1 saturated heterocycles. The number of fused-ring (bicyclic) bond motifs is 1. The average Bonchev–Trinajstić information content (AvgIpc) is 3.18. The minimum atomic E-state index is 0.105. The summed E-state index contributed by atoms with van der Waals surface area (Å²) < 4.78 is 8.63. The molecule has 5 rings (SSSR count). The van der Waals surface area contributed by atoms with Gasteiger partial charge < -0.3 is 14.2 Å². The van der Waals surface area contributed by atoms with Crippen LogP contribution < -0.4 is 4.74 Å². The van der Waals surface area contributed by atoms with Crippen LogP contribution in [-0.4, -0.2) is 53.6 Å². The molecule has 7 heteroatoms. The summed E-state index contributed by atoms with van der Waals surface area (Å²) in [5, 5.41) is 0.943. The summed E-state index contributed by atoms with van der Waals surface area (Å²) in [6, 6.07) is 24.9. The number of carbonyl (C=O) groups is 1. The number of methoxy groups -OCH3 is 1. The number of halogens is 1. The maximum absolute atomic E-state index is 14.0. The van der Waals surface area contributed by atoms with Gasteiger partial charge in [-0.05, 0) is 45.8 Å². The third-order valence-corrected chi connectivity index (χ3v) is 8.48. The van der Waals surface area contributed by atoms with E-state index >= 15 is 0 Å². The minimum Gasteiger partial charge on any atom is -0.496 e. The second-order valence-corrected chi connectivity index (χ2v) is 10.9. The molecular weight excluding hydrogens is 534 g/mol. The second kappa shape index (κ2) is 11.1. The quantitative estimate of drug-likeness (QED) is 0.251. The molecule has 5 nitrogen and oxygen atoms in total.